The molecule has 162 valence electrons. The van der Waals surface area contributed by atoms with Crippen molar-refractivity contribution in [3.63, 3.8) is 0 Å². The zero-order valence-corrected chi connectivity index (χ0v) is 18.6. The van der Waals surface area contributed by atoms with E-state index in [2.05, 4.69) is 10.2 Å². The minimum absolute atomic E-state index is 0.0135. The van der Waals surface area contributed by atoms with Gasteiger partial charge in [-0.25, -0.2) is 4.79 Å². The quantitative estimate of drug-likeness (QED) is 0.554. The van der Waals surface area contributed by atoms with Crippen LogP contribution in [0, 0.1) is 12.3 Å². The fourth-order valence-electron chi connectivity index (χ4n) is 4.75. The molecular weight excluding hydrogens is 412 g/mol. The van der Waals surface area contributed by atoms with Crippen LogP contribution < -0.4 is 15.6 Å². The molecule has 6 nitrogen and oxygen atoms in total. The molecule has 2 fully saturated rings. The van der Waals surface area contributed by atoms with E-state index in [1.54, 1.807) is 30.3 Å². The van der Waals surface area contributed by atoms with E-state index in [0.717, 1.165) is 36.4 Å². The second-order valence-electron chi connectivity index (χ2n) is 8.88. The summed E-state index contributed by atoms with van der Waals surface area (Å²) in [4.78, 5) is 27.7. The third-order valence-electron chi connectivity index (χ3n) is 6.83. The number of carbonyl (C=O) groups is 1. The molecule has 2 aliphatic rings. The van der Waals surface area contributed by atoms with Crippen LogP contribution in [0.2, 0.25) is 0 Å². The summed E-state index contributed by atoms with van der Waals surface area (Å²) in [6.45, 7) is 5.80. The highest BCUT2D eigenvalue weighted by molar-refractivity contribution is 7.19. The van der Waals surface area contributed by atoms with Crippen molar-refractivity contribution in [2.75, 3.05) is 23.3 Å². The van der Waals surface area contributed by atoms with Crippen molar-refractivity contribution in [3.05, 3.63) is 56.6 Å². The van der Waals surface area contributed by atoms with Crippen LogP contribution in [0.4, 0.5) is 11.6 Å². The standard InChI is InChI=1S/C24H26N2O4S/c1-14(25-17-6-4-3-5-16(17)23(28)29)20-15(2)31-22-18(27)13-19(30-21(20)22)26-11-9-24(7-8-24)10-12-26/h3-6,13-14,25H,7-12H2,1-2H3,(H,28,29). The lowest BCUT2D eigenvalue weighted by Gasteiger charge is -2.32. The zero-order valence-electron chi connectivity index (χ0n) is 17.7. The minimum atomic E-state index is -0.977. The highest BCUT2D eigenvalue weighted by Crippen LogP contribution is 2.54. The normalized spacial score (nSPS) is 18.3. The van der Waals surface area contributed by atoms with Gasteiger partial charge in [0, 0.05) is 35.3 Å². The molecule has 31 heavy (non-hydrogen) atoms. The van der Waals surface area contributed by atoms with Crippen LogP contribution in [0.3, 0.4) is 0 Å². The highest BCUT2D eigenvalue weighted by Gasteiger charge is 2.44. The van der Waals surface area contributed by atoms with E-state index in [9.17, 15) is 14.7 Å². The van der Waals surface area contributed by atoms with Gasteiger partial charge in [0.25, 0.3) is 0 Å². The molecule has 1 aliphatic carbocycles. The molecule has 1 aromatic carbocycles. The molecule has 3 aromatic rings. The first-order valence-electron chi connectivity index (χ1n) is 10.8. The molecule has 1 aliphatic heterocycles. The number of anilines is 2. The van der Waals surface area contributed by atoms with Gasteiger partial charge in [-0.15, -0.1) is 11.3 Å². The Labute approximate surface area is 184 Å². The Morgan fingerprint density at radius 2 is 1.94 bits per heavy atom. The van der Waals surface area contributed by atoms with Crippen LogP contribution in [0.25, 0.3) is 10.3 Å². The maximum absolute atomic E-state index is 12.9. The summed E-state index contributed by atoms with van der Waals surface area (Å²) >= 11 is 1.44. The molecule has 2 N–H and O–H groups in total. The average Bonchev–Trinajstić information content (AvgIpc) is 3.40. The highest BCUT2D eigenvalue weighted by atomic mass is 32.1. The van der Waals surface area contributed by atoms with Gasteiger partial charge in [0.1, 0.15) is 4.70 Å². The number of nitrogens with one attached hydrogen (secondary N) is 1. The number of fused-ring (bicyclic) bond motifs is 1. The predicted molar refractivity (Wildman–Crippen MR) is 124 cm³/mol. The molecule has 0 radical (unpaired) electrons. The summed E-state index contributed by atoms with van der Waals surface area (Å²) in [5, 5.41) is 12.8. The van der Waals surface area contributed by atoms with Gasteiger partial charge in [0.2, 0.25) is 5.43 Å². The number of rotatable bonds is 5. The number of thiophene rings is 1. The number of carboxylic acids is 1. The van der Waals surface area contributed by atoms with Crippen LogP contribution in [0.5, 0.6) is 0 Å². The SMILES string of the molecule is Cc1sc2c(=O)cc(N3CCC4(CC3)CC4)oc2c1C(C)Nc1ccccc1C(=O)O. The molecule has 7 heteroatoms. The molecule has 2 aromatic heterocycles. The second-order valence-corrected chi connectivity index (χ2v) is 10.1. The Morgan fingerprint density at radius 3 is 2.61 bits per heavy atom. The first-order chi connectivity index (χ1) is 14.9. The molecule has 1 saturated carbocycles. The summed E-state index contributed by atoms with van der Waals surface area (Å²) in [6, 6.07) is 8.26. The van der Waals surface area contributed by atoms with Crippen LogP contribution in [-0.4, -0.2) is 24.2 Å². The van der Waals surface area contributed by atoms with E-state index < -0.39 is 5.97 Å². The van der Waals surface area contributed by atoms with E-state index >= 15 is 0 Å². The number of para-hydroxylation sites is 1. The Morgan fingerprint density at radius 1 is 1.23 bits per heavy atom. The van der Waals surface area contributed by atoms with Gasteiger partial charge in [-0.3, -0.25) is 4.79 Å². The van der Waals surface area contributed by atoms with E-state index in [-0.39, 0.29) is 17.0 Å². The third-order valence-corrected chi connectivity index (χ3v) is 7.94. The average molecular weight is 439 g/mol. The lowest BCUT2D eigenvalue weighted by atomic mass is 9.94. The van der Waals surface area contributed by atoms with Gasteiger partial charge in [0.05, 0.1) is 11.6 Å². The maximum atomic E-state index is 12.9. The molecule has 5 rings (SSSR count). The Hall–Kier alpha value is -2.80. The smallest absolute Gasteiger partial charge is 0.337 e. The van der Waals surface area contributed by atoms with Gasteiger partial charge < -0.3 is 19.7 Å². The van der Waals surface area contributed by atoms with E-state index in [4.69, 9.17) is 4.42 Å². The fourth-order valence-corrected chi connectivity index (χ4v) is 5.84. The minimum Gasteiger partial charge on any atom is -0.478 e. The second kappa shape index (κ2) is 7.41. The largest absolute Gasteiger partial charge is 0.478 e. The molecule has 0 amide bonds. The summed E-state index contributed by atoms with van der Waals surface area (Å²) < 4.78 is 6.96. The third kappa shape index (κ3) is 3.61. The molecule has 1 spiro atoms. The number of piperidine rings is 1. The molecule has 1 atom stereocenters. The van der Waals surface area contributed by atoms with Crippen LogP contribution in [-0.2, 0) is 0 Å². The van der Waals surface area contributed by atoms with Gasteiger partial charge in [-0.05, 0) is 57.1 Å². The number of aryl methyl sites for hydroxylation is 1. The fraction of sp³-hybridized carbons (Fsp3) is 0.417. The van der Waals surface area contributed by atoms with E-state index in [1.165, 1.54) is 24.2 Å². The number of hydrogen-bond donors (Lipinski definition) is 2. The van der Waals surface area contributed by atoms with E-state index in [1.807, 2.05) is 13.8 Å². The molecule has 0 bridgehead atoms. The first-order valence-corrected chi connectivity index (χ1v) is 11.6. The van der Waals surface area contributed by atoms with Crippen molar-refractivity contribution in [3.8, 4) is 0 Å². The molecule has 1 unspecified atom stereocenters. The van der Waals surface area contributed by atoms with Gasteiger partial charge in [-0.1, -0.05) is 12.1 Å². The summed E-state index contributed by atoms with van der Waals surface area (Å²) in [5.41, 5.74) is 2.84. The lowest BCUT2D eigenvalue weighted by molar-refractivity contribution is 0.0698. The van der Waals surface area contributed by atoms with Gasteiger partial charge in [-0.2, -0.15) is 0 Å². The summed E-state index contributed by atoms with van der Waals surface area (Å²) in [6.07, 6.45) is 4.99. The van der Waals surface area contributed by atoms with Crippen LogP contribution >= 0.6 is 11.3 Å². The Bertz CT molecular complexity index is 1210. The van der Waals surface area contributed by atoms with Crippen molar-refractivity contribution in [1.82, 2.24) is 0 Å². The van der Waals surface area contributed by atoms with Crippen LogP contribution in [0.15, 0.2) is 39.5 Å². The number of hydrogen-bond acceptors (Lipinski definition) is 6. The number of nitrogens with zero attached hydrogens (tertiary/aromatic N) is 1. The summed E-state index contributed by atoms with van der Waals surface area (Å²) in [7, 11) is 0. The van der Waals surface area contributed by atoms with Crippen molar-refractivity contribution in [1.29, 1.82) is 0 Å². The molecular formula is C24H26N2O4S. The Balaban J connectivity index is 1.50. The van der Waals surface area contributed by atoms with Crippen molar-refractivity contribution < 1.29 is 14.3 Å². The lowest BCUT2D eigenvalue weighted by Crippen LogP contribution is -2.34. The first kappa shape index (κ1) is 20.1. The topological polar surface area (TPSA) is 82.8 Å². The maximum Gasteiger partial charge on any atom is 0.337 e. The van der Waals surface area contributed by atoms with Gasteiger partial charge >= 0.3 is 5.97 Å². The zero-order chi connectivity index (χ0) is 21.8. The molecule has 1 saturated heterocycles. The summed E-state index contributed by atoms with van der Waals surface area (Å²) in [5.74, 6) is -0.334. The number of carboxylic acid groups (broad SMARTS) is 1. The van der Waals surface area contributed by atoms with Gasteiger partial charge in [0.15, 0.2) is 11.5 Å². The van der Waals surface area contributed by atoms with Crippen LogP contribution in [0.1, 0.15) is 59.4 Å². The Kier molecular flexibility index (Phi) is 4.81. The number of benzene rings is 1. The van der Waals surface area contributed by atoms with E-state index in [0.29, 0.717) is 27.3 Å². The predicted octanol–water partition coefficient (Wildman–Crippen LogP) is 5.41. The van der Waals surface area contributed by atoms with Crippen molar-refractivity contribution in [2.45, 2.75) is 45.6 Å². The molecule has 3 heterocycles. The monoisotopic (exact) mass is 438 g/mol. The number of aromatic carboxylic acids is 1. The van der Waals surface area contributed by atoms with Crippen molar-refractivity contribution >= 4 is 39.2 Å². The van der Waals surface area contributed by atoms with Crippen molar-refractivity contribution in [2.24, 2.45) is 5.41 Å².